The number of hydrogen-bond acceptors (Lipinski definition) is 8. The maximum absolute atomic E-state index is 12.7. The van der Waals surface area contributed by atoms with Crippen LogP contribution in [-0.2, 0) is 26.5 Å². The van der Waals surface area contributed by atoms with Crippen molar-refractivity contribution in [1.29, 1.82) is 0 Å². The SMILES string of the molecule is CS(=O)(=O)N(N(c1ccccc1)c1ncnc2c1cnn2C1CCc2c[c]ccc21)S(C)(=O)=O. The average molecular weight is 498 g/mol. The van der Waals surface area contributed by atoms with E-state index in [0.29, 0.717) is 20.5 Å². The number of rotatable bonds is 6. The number of anilines is 2. The maximum atomic E-state index is 12.7. The summed E-state index contributed by atoms with van der Waals surface area (Å²) in [6, 6.07) is 17.2. The zero-order valence-electron chi connectivity index (χ0n) is 18.4. The third kappa shape index (κ3) is 3.83. The number of para-hydroxylation sites is 1. The largest absolute Gasteiger partial charge is 0.242 e. The van der Waals surface area contributed by atoms with Gasteiger partial charge in [0.2, 0.25) is 20.0 Å². The summed E-state index contributed by atoms with van der Waals surface area (Å²) in [4.78, 5) is 8.72. The Balaban J connectivity index is 1.73. The van der Waals surface area contributed by atoms with E-state index in [4.69, 9.17) is 0 Å². The lowest BCUT2D eigenvalue weighted by atomic mass is 10.1. The number of sulfonamides is 2. The van der Waals surface area contributed by atoms with Crippen molar-refractivity contribution >= 4 is 42.6 Å². The normalized spacial score (nSPS) is 16.1. The molecule has 0 aliphatic heterocycles. The predicted octanol–water partition coefficient (Wildman–Crippen LogP) is 2.44. The quantitative estimate of drug-likeness (QED) is 0.373. The molecule has 5 rings (SSSR count). The van der Waals surface area contributed by atoms with Crippen molar-refractivity contribution in [2.24, 2.45) is 0 Å². The highest BCUT2D eigenvalue weighted by Gasteiger charge is 2.37. The Morgan fingerprint density at radius 2 is 1.76 bits per heavy atom. The van der Waals surface area contributed by atoms with Crippen molar-refractivity contribution in [2.75, 3.05) is 17.5 Å². The van der Waals surface area contributed by atoms with Crippen LogP contribution in [0.4, 0.5) is 11.5 Å². The first-order chi connectivity index (χ1) is 16.2. The number of aromatic nitrogens is 4. The molecule has 1 atom stereocenters. The molecule has 0 saturated carbocycles. The fraction of sp³-hybridized carbons (Fsp3) is 0.227. The highest BCUT2D eigenvalue weighted by atomic mass is 32.3. The van der Waals surface area contributed by atoms with Gasteiger partial charge in [-0.25, -0.2) is 36.5 Å². The smallest absolute Gasteiger partial charge is 0.240 e. The number of fused-ring (bicyclic) bond motifs is 2. The fourth-order valence-electron chi connectivity index (χ4n) is 4.37. The Kier molecular flexibility index (Phi) is 5.38. The Morgan fingerprint density at radius 3 is 2.47 bits per heavy atom. The minimum Gasteiger partial charge on any atom is -0.240 e. The van der Waals surface area contributed by atoms with Crippen LogP contribution in [0.2, 0.25) is 0 Å². The first kappa shape index (κ1) is 22.4. The molecule has 2 aromatic carbocycles. The van der Waals surface area contributed by atoms with Gasteiger partial charge in [-0.2, -0.15) is 5.10 Å². The van der Waals surface area contributed by atoms with Crippen LogP contribution in [-0.4, -0.2) is 52.9 Å². The molecule has 4 aromatic rings. The predicted molar refractivity (Wildman–Crippen MR) is 127 cm³/mol. The lowest BCUT2D eigenvalue weighted by Crippen LogP contribution is -2.47. The molecular formula is C22H21N6O4S2. The van der Waals surface area contributed by atoms with Gasteiger partial charge in [0.1, 0.15) is 6.33 Å². The number of benzene rings is 2. The summed E-state index contributed by atoms with van der Waals surface area (Å²) in [5, 5.41) is 6.04. The van der Waals surface area contributed by atoms with Crippen LogP contribution in [0.1, 0.15) is 23.6 Å². The lowest BCUT2D eigenvalue weighted by Gasteiger charge is -2.31. The Labute approximate surface area is 197 Å². The van der Waals surface area contributed by atoms with Crippen molar-refractivity contribution in [3.8, 4) is 0 Å². The second-order valence-corrected chi connectivity index (χ2v) is 11.9. The van der Waals surface area contributed by atoms with Gasteiger partial charge < -0.3 is 0 Å². The van der Waals surface area contributed by atoms with Crippen LogP contribution in [0.15, 0.2) is 61.1 Å². The number of aryl methyl sites for hydroxylation is 1. The first-order valence-electron chi connectivity index (χ1n) is 10.4. The van der Waals surface area contributed by atoms with Gasteiger partial charge in [0.25, 0.3) is 0 Å². The van der Waals surface area contributed by atoms with Crippen molar-refractivity contribution in [2.45, 2.75) is 18.9 Å². The summed E-state index contributed by atoms with van der Waals surface area (Å²) in [5.74, 6) is 0.0814. The van der Waals surface area contributed by atoms with E-state index in [9.17, 15) is 16.8 Å². The van der Waals surface area contributed by atoms with Gasteiger partial charge in [-0.1, -0.05) is 36.4 Å². The second kappa shape index (κ2) is 8.15. The van der Waals surface area contributed by atoms with E-state index < -0.39 is 20.0 Å². The summed E-state index contributed by atoms with van der Waals surface area (Å²) in [5.41, 5.74) is 3.08. The standard InChI is InChI=1S/C22H21N6O4S2/c1-33(29,30)28(34(2,31)32)27(17-9-4-3-5-10-17)22-19-14-25-26(21(19)23-15-24-22)20-13-12-16-8-6-7-11-18(16)20/h3-5,7-11,14-15,20H,12-13H2,1-2H3. The van der Waals surface area contributed by atoms with Crippen molar-refractivity contribution < 1.29 is 16.8 Å². The summed E-state index contributed by atoms with van der Waals surface area (Å²) in [6.45, 7) is 0. The van der Waals surface area contributed by atoms with Crippen LogP contribution < -0.4 is 5.01 Å². The molecule has 0 fully saturated rings. The molecule has 1 aliphatic carbocycles. The molecule has 10 nitrogen and oxygen atoms in total. The zero-order valence-corrected chi connectivity index (χ0v) is 20.0. The van der Waals surface area contributed by atoms with Crippen LogP contribution >= 0.6 is 0 Å². The number of hydrogen-bond donors (Lipinski definition) is 0. The second-order valence-electron chi connectivity index (χ2n) is 8.05. The van der Waals surface area contributed by atoms with Gasteiger partial charge in [-0.05, 0) is 42.2 Å². The minimum atomic E-state index is -4.26. The molecule has 1 radical (unpaired) electrons. The molecule has 2 heterocycles. The molecule has 0 saturated heterocycles. The summed E-state index contributed by atoms with van der Waals surface area (Å²) in [7, 11) is -8.51. The Hall–Kier alpha value is -3.35. The van der Waals surface area contributed by atoms with E-state index in [1.165, 1.54) is 18.1 Å². The van der Waals surface area contributed by atoms with Gasteiger partial charge in [0, 0.05) is 3.82 Å². The molecule has 1 unspecified atom stereocenters. The van der Waals surface area contributed by atoms with E-state index in [-0.39, 0.29) is 11.9 Å². The van der Waals surface area contributed by atoms with Crippen molar-refractivity contribution in [3.63, 3.8) is 0 Å². The molecule has 175 valence electrons. The first-order valence-corrected chi connectivity index (χ1v) is 14.1. The van der Waals surface area contributed by atoms with E-state index >= 15 is 0 Å². The fourth-order valence-corrected chi connectivity index (χ4v) is 7.28. The lowest BCUT2D eigenvalue weighted by molar-refractivity contribution is 0.507. The Bertz CT molecular complexity index is 1550. The van der Waals surface area contributed by atoms with E-state index in [2.05, 4.69) is 21.1 Å². The number of hydrazine groups is 1. The molecule has 2 aromatic heterocycles. The zero-order chi connectivity index (χ0) is 24.1. The van der Waals surface area contributed by atoms with Gasteiger partial charge in [-0.3, -0.25) is 0 Å². The highest BCUT2D eigenvalue weighted by Crippen LogP contribution is 2.38. The molecule has 0 spiro atoms. The van der Waals surface area contributed by atoms with Gasteiger partial charge in [0.15, 0.2) is 11.5 Å². The van der Waals surface area contributed by atoms with E-state index in [1.807, 2.05) is 18.2 Å². The topological polar surface area (TPSA) is 118 Å². The summed E-state index contributed by atoms with van der Waals surface area (Å²) in [6.07, 6.45) is 6.18. The molecule has 1 aliphatic rings. The van der Waals surface area contributed by atoms with Crippen LogP contribution in [0.5, 0.6) is 0 Å². The van der Waals surface area contributed by atoms with Gasteiger partial charge >= 0.3 is 0 Å². The van der Waals surface area contributed by atoms with Crippen LogP contribution in [0.3, 0.4) is 0 Å². The third-order valence-corrected chi connectivity index (χ3v) is 8.72. The third-order valence-electron chi connectivity index (χ3n) is 5.63. The maximum Gasteiger partial charge on any atom is 0.242 e. The van der Waals surface area contributed by atoms with E-state index in [0.717, 1.165) is 35.9 Å². The monoisotopic (exact) mass is 497 g/mol. The average Bonchev–Trinajstić information content (AvgIpc) is 3.40. The molecule has 0 amide bonds. The van der Waals surface area contributed by atoms with Crippen molar-refractivity contribution in [1.82, 2.24) is 23.6 Å². The van der Waals surface area contributed by atoms with Crippen LogP contribution in [0.25, 0.3) is 11.0 Å². The van der Waals surface area contributed by atoms with Gasteiger partial charge in [-0.15, -0.1) is 0 Å². The Morgan fingerprint density at radius 1 is 1.03 bits per heavy atom. The van der Waals surface area contributed by atoms with Crippen LogP contribution in [0, 0.1) is 6.07 Å². The molecule has 12 heteroatoms. The van der Waals surface area contributed by atoms with E-state index in [1.54, 1.807) is 35.0 Å². The number of nitrogens with zero attached hydrogens (tertiary/aromatic N) is 6. The van der Waals surface area contributed by atoms with Gasteiger partial charge in [0.05, 0.1) is 35.8 Å². The molecule has 0 bridgehead atoms. The molecular weight excluding hydrogens is 476 g/mol. The summed E-state index contributed by atoms with van der Waals surface area (Å²) < 4.78 is 52.9. The molecule has 0 N–H and O–H groups in total. The minimum absolute atomic E-state index is 0.0593. The summed E-state index contributed by atoms with van der Waals surface area (Å²) >= 11 is 0. The molecule has 34 heavy (non-hydrogen) atoms. The van der Waals surface area contributed by atoms with Crippen molar-refractivity contribution in [3.05, 3.63) is 78.2 Å². The highest BCUT2D eigenvalue weighted by molar-refractivity contribution is 8.03.